The first kappa shape index (κ1) is 21.0. The van der Waals surface area contributed by atoms with Gasteiger partial charge in [-0.3, -0.25) is 9.79 Å². The smallest absolute Gasteiger partial charge is 0.196 e. The predicted molar refractivity (Wildman–Crippen MR) is 122 cm³/mol. The van der Waals surface area contributed by atoms with Crippen LogP contribution < -0.4 is 16.2 Å². The van der Waals surface area contributed by atoms with Crippen molar-refractivity contribution in [3.8, 4) is 5.75 Å². The normalized spacial score (nSPS) is 11.6. The molecule has 0 saturated heterocycles. The zero-order chi connectivity index (χ0) is 21.3. The molecule has 5 nitrogen and oxygen atoms in total. The highest BCUT2D eigenvalue weighted by atomic mass is 16.5. The van der Waals surface area contributed by atoms with Gasteiger partial charge in [-0.25, -0.2) is 0 Å². The van der Waals surface area contributed by atoms with Gasteiger partial charge in [0.05, 0.1) is 5.56 Å². The zero-order valence-electron chi connectivity index (χ0n) is 16.9. The number of aliphatic imine (C=N–C) groups is 1. The van der Waals surface area contributed by atoms with Gasteiger partial charge in [0, 0.05) is 24.7 Å². The number of ketones is 1. The van der Waals surface area contributed by atoms with Crippen LogP contribution in [-0.4, -0.2) is 25.2 Å². The van der Waals surface area contributed by atoms with Crippen LogP contribution in [0.4, 0.5) is 0 Å². The molecule has 0 bridgehead atoms. The van der Waals surface area contributed by atoms with Crippen molar-refractivity contribution in [1.29, 1.82) is 0 Å². The molecule has 30 heavy (non-hydrogen) atoms. The number of hydrogen-bond donors (Lipinski definition) is 2. The molecule has 3 rings (SSSR count). The molecule has 0 amide bonds. The molecule has 0 saturated carbocycles. The van der Waals surface area contributed by atoms with Crippen LogP contribution in [-0.2, 0) is 6.61 Å². The number of hydrogen-bond acceptors (Lipinski definition) is 4. The Morgan fingerprint density at radius 3 is 2.40 bits per heavy atom. The van der Waals surface area contributed by atoms with E-state index >= 15 is 0 Å². The Kier molecular flexibility index (Phi) is 7.14. The maximum atomic E-state index is 13.1. The summed E-state index contributed by atoms with van der Waals surface area (Å²) in [5.74, 6) is 0.743. The summed E-state index contributed by atoms with van der Waals surface area (Å²) >= 11 is 0. The Morgan fingerprint density at radius 1 is 1.00 bits per heavy atom. The topological polar surface area (TPSA) is 90.7 Å². The van der Waals surface area contributed by atoms with E-state index in [4.69, 9.17) is 16.2 Å². The summed E-state index contributed by atoms with van der Waals surface area (Å²) in [4.78, 5) is 17.1. The van der Waals surface area contributed by atoms with E-state index in [-0.39, 0.29) is 5.78 Å². The van der Waals surface area contributed by atoms with E-state index in [0.717, 1.165) is 11.1 Å². The van der Waals surface area contributed by atoms with Gasteiger partial charge in [0.15, 0.2) is 5.78 Å². The van der Waals surface area contributed by atoms with Crippen molar-refractivity contribution in [3.05, 3.63) is 107 Å². The summed E-state index contributed by atoms with van der Waals surface area (Å²) in [6.45, 7) is 0.846. The molecule has 0 radical (unpaired) electrons. The molecule has 4 N–H and O–H groups in total. The summed E-state index contributed by atoms with van der Waals surface area (Å²) in [5.41, 5.74) is 15.2. The Balaban J connectivity index is 1.86. The highest BCUT2D eigenvalue weighted by Gasteiger charge is 2.16. The van der Waals surface area contributed by atoms with Crippen LogP contribution in [0.1, 0.15) is 32.6 Å². The van der Waals surface area contributed by atoms with Crippen molar-refractivity contribution in [2.45, 2.75) is 6.61 Å². The third-order valence-electron chi connectivity index (χ3n) is 4.62. The number of ether oxygens (including phenoxy) is 1. The summed E-state index contributed by atoms with van der Waals surface area (Å²) in [5, 5.41) is 0. The van der Waals surface area contributed by atoms with Crippen LogP contribution in [0.5, 0.6) is 5.75 Å². The van der Waals surface area contributed by atoms with E-state index in [1.54, 1.807) is 37.4 Å². The molecule has 152 valence electrons. The number of nitrogens with two attached hydrogens (primary N) is 2. The second kappa shape index (κ2) is 10.2. The van der Waals surface area contributed by atoms with Gasteiger partial charge in [-0.1, -0.05) is 66.7 Å². The molecule has 0 spiro atoms. The molecule has 0 heterocycles. The first-order valence-corrected chi connectivity index (χ1v) is 9.67. The number of carbonyl (C=O) groups is 1. The molecule has 5 heteroatoms. The lowest BCUT2D eigenvalue weighted by Crippen LogP contribution is -2.15. The molecule has 0 fully saturated rings. The number of benzene rings is 3. The molecule has 0 aliphatic heterocycles. The highest BCUT2D eigenvalue weighted by molar-refractivity contribution is 6.12. The molecule has 3 aromatic rings. The summed E-state index contributed by atoms with van der Waals surface area (Å²) < 4.78 is 6.02. The maximum Gasteiger partial charge on any atom is 0.196 e. The lowest BCUT2D eigenvalue weighted by atomic mass is 10.00. The van der Waals surface area contributed by atoms with Crippen LogP contribution in [0.25, 0.3) is 6.08 Å². The van der Waals surface area contributed by atoms with Gasteiger partial charge in [-0.05, 0) is 29.3 Å². The van der Waals surface area contributed by atoms with Crippen molar-refractivity contribution in [3.63, 3.8) is 0 Å². The van der Waals surface area contributed by atoms with Crippen molar-refractivity contribution < 1.29 is 9.53 Å². The quantitative estimate of drug-likeness (QED) is 0.342. The van der Waals surface area contributed by atoms with E-state index in [1.807, 2.05) is 54.6 Å². The highest BCUT2D eigenvalue weighted by Crippen LogP contribution is 2.25. The minimum Gasteiger partial charge on any atom is -0.488 e. The van der Waals surface area contributed by atoms with Gasteiger partial charge < -0.3 is 16.2 Å². The Bertz CT molecular complexity index is 1060. The third kappa shape index (κ3) is 5.21. The van der Waals surface area contributed by atoms with Crippen molar-refractivity contribution in [1.82, 2.24) is 0 Å². The fourth-order valence-corrected chi connectivity index (χ4v) is 2.96. The SMILES string of the molecule is CN=C(N)c1ccc(OCc2ccc(C=CCN)cc2)c(C(=O)c2ccccc2)c1. The third-order valence-corrected chi connectivity index (χ3v) is 4.62. The van der Waals surface area contributed by atoms with Crippen LogP contribution in [0, 0.1) is 0 Å². The number of amidine groups is 1. The molecule has 0 atom stereocenters. The molecule has 0 aliphatic rings. The van der Waals surface area contributed by atoms with Gasteiger partial charge in [-0.15, -0.1) is 0 Å². The summed E-state index contributed by atoms with van der Waals surface area (Å²) in [7, 11) is 1.62. The van der Waals surface area contributed by atoms with Crippen LogP contribution in [0.3, 0.4) is 0 Å². The van der Waals surface area contributed by atoms with E-state index in [0.29, 0.717) is 41.4 Å². The van der Waals surface area contributed by atoms with Gasteiger partial charge in [-0.2, -0.15) is 0 Å². The van der Waals surface area contributed by atoms with Gasteiger partial charge in [0.2, 0.25) is 0 Å². The number of nitrogens with zero attached hydrogens (tertiary/aromatic N) is 1. The number of rotatable bonds is 8. The van der Waals surface area contributed by atoms with E-state index < -0.39 is 0 Å². The molecule has 3 aromatic carbocycles. The number of carbonyl (C=O) groups excluding carboxylic acids is 1. The van der Waals surface area contributed by atoms with Gasteiger partial charge in [0.1, 0.15) is 18.2 Å². The molecule has 0 aliphatic carbocycles. The monoisotopic (exact) mass is 399 g/mol. The molecular formula is C25H25N3O2. The van der Waals surface area contributed by atoms with Crippen LogP contribution in [0.15, 0.2) is 83.9 Å². The first-order chi connectivity index (χ1) is 14.6. The van der Waals surface area contributed by atoms with E-state index in [2.05, 4.69) is 4.99 Å². The van der Waals surface area contributed by atoms with Crippen molar-refractivity contribution in [2.24, 2.45) is 16.5 Å². The largest absolute Gasteiger partial charge is 0.488 e. The predicted octanol–water partition coefficient (Wildman–Crippen LogP) is 3.80. The first-order valence-electron chi connectivity index (χ1n) is 9.67. The van der Waals surface area contributed by atoms with Gasteiger partial charge >= 0.3 is 0 Å². The standard InChI is InChI=1S/C25H25N3O2/c1-28-25(27)21-13-14-23(22(16-21)24(29)20-7-3-2-4-8-20)30-17-19-11-9-18(10-12-19)6-5-15-26/h2-14,16H,15,17,26H2,1H3,(H2,27,28). The fraction of sp³-hybridized carbons (Fsp3) is 0.120. The molecular weight excluding hydrogens is 374 g/mol. The van der Waals surface area contributed by atoms with Crippen LogP contribution in [0.2, 0.25) is 0 Å². The average molecular weight is 399 g/mol. The Labute approximate surface area is 176 Å². The minimum atomic E-state index is -0.126. The van der Waals surface area contributed by atoms with Gasteiger partial charge in [0.25, 0.3) is 0 Å². The second-order valence-corrected chi connectivity index (χ2v) is 6.68. The zero-order valence-corrected chi connectivity index (χ0v) is 16.9. The molecule has 0 aromatic heterocycles. The fourth-order valence-electron chi connectivity index (χ4n) is 2.96. The van der Waals surface area contributed by atoms with Crippen molar-refractivity contribution >= 4 is 17.7 Å². The average Bonchev–Trinajstić information content (AvgIpc) is 2.81. The van der Waals surface area contributed by atoms with E-state index in [9.17, 15) is 4.79 Å². The lowest BCUT2D eigenvalue weighted by molar-refractivity contribution is 0.103. The second-order valence-electron chi connectivity index (χ2n) is 6.68. The summed E-state index contributed by atoms with van der Waals surface area (Å²) in [6, 6.07) is 22.4. The maximum absolute atomic E-state index is 13.1. The Morgan fingerprint density at radius 2 is 1.73 bits per heavy atom. The Hall–Kier alpha value is -3.70. The van der Waals surface area contributed by atoms with E-state index in [1.165, 1.54) is 0 Å². The lowest BCUT2D eigenvalue weighted by Gasteiger charge is -2.13. The molecule has 0 unspecified atom stereocenters. The minimum absolute atomic E-state index is 0.126. The summed E-state index contributed by atoms with van der Waals surface area (Å²) in [6.07, 6.45) is 3.87. The van der Waals surface area contributed by atoms with Crippen LogP contribution >= 0.6 is 0 Å². The van der Waals surface area contributed by atoms with Crippen molar-refractivity contribution in [2.75, 3.05) is 13.6 Å².